The molecule has 0 fully saturated rings. The van der Waals surface area contributed by atoms with Crippen LogP contribution in [0.5, 0.6) is 5.75 Å². The van der Waals surface area contributed by atoms with E-state index in [0.29, 0.717) is 11.4 Å². The van der Waals surface area contributed by atoms with E-state index in [1.54, 1.807) is 19.2 Å². The number of benzene rings is 4. The molecule has 5 rings (SSSR count). The Labute approximate surface area is 200 Å². The smallest absolute Gasteiger partial charge is 0.142 e. The fourth-order valence-electron chi connectivity index (χ4n) is 4.04. The first kappa shape index (κ1) is 21.9. The maximum atomic E-state index is 11.9. The van der Waals surface area contributed by atoms with Gasteiger partial charge in [-0.2, -0.15) is 0 Å². The summed E-state index contributed by atoms with van der Waals surface area (Å²) in [6, 6.07) is 30.7. The molecule has 6 nitrogen and oxygen atoms in total. The van der Waals surface area contributed by atoms with Crippen molar-refractivity contribution >= 4 is 50.1 Å². The summed E-state index contributed by atoms with van der Waals surface area (Å²) in [5.74, 6) is 0.618. The molecule has 0 bridgehead atoms. The zero-order valence-electron chi connectivity index (χ0n) is 18.5. The highest BCUT2D eigenvalue weighted by atomic mass is 32.2. The van der Waals surface area contributed by atoms with Crippen LogP contribution in [0.1, 0.15) is 5.56 Å². The Morgan fingerprint density at radius 3 is 2.12 bits per heavy atom. The highest BCUT2D eigenvalue weighted by Crippen LogP contribution is 2.36. The molecule has 7 heteroatoms. The average molecular weight is 469 g/mol. The molecule has 0 spiro atoms. The van der Waals surface area contributed by atoms with Crippen molar-refractivity contribution < 1.29 is 13.5 Å². The number of hydrogen-bond acceptors (Lipinski definition) is 5. The van der Waals surface area contributed by atoms with Crippen LogP contribution in [-0.2, 0) is 17.8 Å². The van der Waals surface area contributed by atoms with Gasteiger partial charge in [0.2, 0.25) is 0 Å². The third-order valence-electron chi connectivity index (χ3n) is 5.66. The molecule has 170 valence electrons. The Balaban J connectivity index is 1.52. The van der Waals surface area contributed by atoms with Gasteiger partial charge in [-0.1, -0.05) is 60.7 Å². The largest absolute Gasteiger partial charge is 0.755 e. The van der Waals surface area contributed by atoms with Gasteiger partial charge in [0, 0.05) is 27.7 Å². The molecule has 4 aromatic carbocycles. The van der Waals surface area contributed by atoms with E-state index in [4.69, 9.17) is 9.72 Å². The maximum Gasteiger partial charge on any atom is 0.142 e. The lowest BCUT2D eigenvalue weighted by Gasteiger charge is -2.26. The third-order valence-corrected chi connectivity index (χ3v) is 6.36. The summed E-state index contributed by atoms with van der Waals surface area (Å²) in [6.07, 6.45) is 0. The molecule has 0 radical (unpaired) electrons. The lowest BCUT2D eigenvalue weighted by atomic mass is 10.1. The Bertz CT molecular complexity index is 1440. The van der Waals surface area contributed by atoms with E-state index >= 15 is 0 Å². The van der Waals surface area contributed by atoms with Gasteiger partial charge in [0.1, 0.15) is 5.75 Å². The molecule has 0 aliphatic heterocycles. The van der Waals surface area contributed by atoms with Crippen LogP contribution in [0.2, 0.25) is 0 Å². The number of ether oxygens (including phenoxy) is 1. The Morgan fingerprint density at radius 2 is 1.50 bits per heavy atom. The molecular formula is C27H22N3O3S-. The van der Waals surface area contributed by atoms with Crippen molar-refractivity contribution in [1.29, 1.82) is 0 Å². The first-order chi connectivity index (χ1) is 16.6. The summed E-state index contributed by atoms with van der Waals surface area (Å²) in [4.78, 5) is 4.78. The van der Waals surface area contributed by atoms with Crippen LogP contribution in [0.3, 0.4) is 0 Å². The Kier molecular flexibility index (Phi) is 6.12. The van der Waals surface area contributed by atoms with Crippen LogP contribution in [-0.4, -0.2) is 20.9 Å². The van der Waals surface area contributed by atoms with Crippen molar-refractivity contribution in [1.82, 2.24) is 4.98 Å². The first-order valence-electron chi connectivity index (χ1n) is 10.8. The first-order valence-corrected chi connectivity index (χ1v) is 11.8. The highest BCUT2D eigenvalue weighted by molar-refractivity contribution is 7.80. The van der Waals surface area contributed by atoms with Crippen LogP contribution >= 0.6 is 0 Å². The third kappa shape index (κ3) is 4.31. The van der Waals surface area contributed by atoms with Gasteiger partial charge in [0.05, 0.1) is 36.1 Å². The summed E-state index contributed by atoms with van der Waals surface area (Å²) in [6.45, 7) is 0.192. The topological polar surface area (TPSA) is 77.5 Å². The summed E-state index contributed by atoms with van der Waals surface area (Å²) in [5.41, 5.74) is 4.93. The monoisotopic (exact) mass is 468 g/mol. The van der Waals surface area contributed by atoms with Crippen LogP contribution < -0.4 is 14.4 Å². The lowest BCUT2D eigenvalue weighted by Crippen LogP contribution is -2.24. The quantitative estimate of drug-likeness (QED) is 0.236. The molecule has 34 heavy (non-hydrogen) atoms. The van der Waals surface area contributed by atoms with Gasteiger partial charge in [-0.3, -0.25) is 8.51 Å². The number of para-hydroxylation sites is 3. The van der Waals surface area contributed by atoms with Crippen LogP contribution in [0, 0.1) is 0 Å². The minimum absolute atomic E-state index is 0.192. The van der Waals surface area contributed by atoms with Crippen molar-refractivity contribution in [3.05, 3.63) is 103 Å². The van der Waals surface area contributed by atoms with Crippen molar-refractivity contribution in [2.24, 2.45) is 0 Å². The minimum Gasteiger partial charge on any atom is -0.755 e. The molecule has 1 atom stereocenters. The van der Waals surface area contributed by atoms with Crippen molar-refractivity contribution in [3.63, 3.8) is 0 Å². The number of methoxy groups -OCH3 is 1. The summed E-state index contributed by atoms with van der Waals surface area (Å²) >= 11 is -2.41. The van der Waals surface area contributed by atoms with Gasteiger partial charge in [-0.05, 0) is 42.0 Å². The Hall–Kier alpha value is -3.94. The van der Waals surface area contributed by atoms with Gasteiger partial charge in [-0.25, -0.2) is 4.98 Å². The minimum atomic E-state index is -2.41. The van der Waals surface area contributed by atoms with Gasteiger partial charge in [0.15, 0.2) is 0 Å². The summed E-state index contributed by atoms with van der Waals surface area (Å²) < 4.78 is 30.8. The molecule has 1 unspecified atom stereocenters. The van der Waals surface area contributed by atoms with Gasteiger partial charge < -0.3 is 14.6 Å². The second-order valence-electron chi connectivity index (χ2n) is 7.77. The second kappa shape index (κ2) is 9.51. The van der Waals surface area contributed by atoms with Crippen molar-refractivity contribution in [2.45, 2.75) is 6.54 Å². The molecular weight excluding hydrogens is 446 g/mol. The number of nitrogens with zero attached hydrogens (tertiary/aromatic N) is 2. The van der Waals surface area contributed by atoms with Crippen LogP contribution in [0.25, 0.3) is 21.8 Å². The molecule has 0 aliphatic carbocycles. The van der Waals surface area contributed by atoms with Crippen LogP contribution in [0.15, 0.2) is 97.1 Å². The van der Waals surface area contributed by atoms with Gasteiger partial charge in [0.25, 0.3) is 0 Å². The van der Waals surface area contributed by atoms with E-state index in [0.717, 1.165) is 38.7 Å². The van der Waals surface area contributed by atoms with E-state index in [1.165, 1.54) is 4.31 Å². The number of hydrogen-bond donors (Lipinski definition) is 1. The molecule has 0 saturated carbocycles. The number of fused-ring (bicyclic) bond motifs is 2. The Morgan fingerprint density at radius 1 is 0.882 bits per heavy atom. The molecule has 0 saturated heterocycles. The number of aromatic nitrogens is 1. The van der Waals surface area contributed by atoms with E-state index in [9.17, 15) is 8.76 Å². The molecule has 1 aromatic heterocycles. The zero-order chi connectivity index (χ0) is 23.5. The molecule has 0 amide bonds. The number of rotatable bonds is 7. The zero-order valence-corrected chi connectivity index (χ0v) is 19.3. The molecule has 0 aliphatic rings. The highest BCUT2D eigenvalue weighted by Gasteiger charge is 2.14. The van der Waals surface area contributed by atoms with Crippen LogP contribution in [0.4, 0.5) is 17.1 Å². The number of anilines is 3. The fraction of sp³-hybridized carbons (Fsp3) is 0.0741. The summed E-state index contributed by atoms with van der Waals surface area (Å²) in [7, 11) is 1.60. The molecule has 1 heterocycles. The molecule has 1 N–H and O–H groups in total. The van der Waals surface area contributed by atoms with Crippen molar-refractivity contribution in [3.8, 4) is 5.75 Å². The average Bonchev–Trinajstić information content (AvgIpc) is 2.88. The normalized spacial score (nSPS) is 11.9. The van der Waals surface area contributed by atoms with Crippen molar-refractivity contribution in [2.75, 3.05) is 16.7 Å². The maximum absolute atomic E-state index is 11.9. The number of nitrogens with one attached hydrogen (secondary N) is 1. The van der Waals surface area contributed by atoms with E-state index < -0.39 is 11.3 Å². The van der Waals surface area contributed by atoms with E-state index in [2.05, 4.69) is 5.32 Å². The molecule has 5 aromatic rings. The van der Waals surface area contributed by atoms with Gasteiger partial charge >= 0.3 is 0 Å². The van der Waals surface area contributed by atoms with E-state index in [-0.39, 0.29) is 6.54 Å². The standard InChI is InChI=1S/C27H23N3O3S/c1-33-26-17-19(18-30(34(31)32)20-9-3-2-4-10-20)15-16-25(26)29-27-21-11-5-7-13-23(21)28-24-14-8-6-12-22(24)27/h2-17H,18H2,1H3,(H,28,29)(H,31,32)/p-1. The van der Waals surface area contributed by atoms with E-state index in [1.807, 2.05) is 84.9 Å². The predicted octanol–water partition coefficient (Wildman–Crippen LogP) is 5.94. The predicted molar refractivity (Wildman–Crippen MR) is 137 cm³/mol. The second-order valence-corrected chi connectivity index (χ2v) is 8.65. The SMILES string of the molecule is COc1cc(CN(c2ccccc2)S(=O)[O-])ccc1Nc1c2ccccc2nc2ccccc12. The van der Waals surface area contributed by atoms with Gasteiger partial charge in [-0.15, -0.1) is 0 Å². The fourth-order valence-corrected chi connectivity index (χ4v) is 4.58. The lowest BCUT2D eigenvalue weighted by molar-refractivity contribution is 0.416. The summed E-state index contributed by atoms with van der Waals surface area (Å²) in [5, 5.41) is 5.55. The number of pyridine rings is 1.